The third-order valence-electron chi connectivity index (χ3n) is 3.36. The smallest absolute Gasteiger partial charge is 0.176 e. The number of pyridine rings is 1. The summed E-state index contributed by atoms with van der Waals surface area (Å²) >= 11 is 0. The lowest BCUT2D eigenvalue weighted by molar-refractivity contribution is 0.406. The maximum Gasteiger partial charge on any atom is 0.176 e. The van der Waals surface area contributed by atoms with Gasteiger partial charge in [-0.05, 0) is 24.3 Å². The number of fused-ring (bicyclic) bond motifs is 1. The molecule has 0 saturated carbocycles. The molecule has 4 heteroatoms. The Kier molecular flexibility index (Phi) is 4.17. The van der Waals surface area contributed by atoms with Gasteiger partial charge in [-0.1, -0.05) is 18.2 Å². The SMILES string of the molecule is COc1cccc2cc(CNCCc3ccccn3)oc12. The van der Waals surface area contributed by atoms with Crippen LogP contribution in [-0.4, -0.2) is 18.6 Å². The van der Waals surface area contributed by atoms with Gasteiger partial charge in [-0.25, -0.2) is 0 Å². The summed E-state index contributed by atoms with van der Waals surface area (Å²) < 4.78 is 11.1. The Morgan fingerprint density at radius 2 is 2.14 bits per heavy atom. The minimum absolute atomic E-state index is 0.699. The van der Waals surface area contributed by atoms with Gasteiger partial charge >= 0.3 is 0 Å². The summed E-state index contributed by atoms with van der Waals surface area (Å²) in [6.45, 7) is 1.57. The van der Waals surface area contributed by atoms with Gasteiger partial charge in [0.15, 0.2) is 11.3 Å². The van der Waals surface area contributed by atoms with E-state index in [1.165, 1.54) is 0 Å². The van der Waals surface area contributed by atoms with Crippen molar-refractivity contribution in [3.63, 3.8) is 0 Å². The number of benzene rings is 1. The second-order valence-corrected chi connectivity index (χ2v) is 4.84. The molecule has 0 amide bonds. The van der Waals surface area contributed by atoms with E-state index in [0.29, 0.717) is 6.54 Å². The van der Waals surface area contributed by atoms with Gasteiger partial charge in [0.2, 0.25) is 0 Å². The summed E-state index contributed by atoms with van der Waals surface area (Å²) in [7, 11) is 1.65. The van der Waals surface area contributed by atoms with Crippen LogP contribution >= 0.6 is 0 Å². The monoisotopic (exact) mass is 282 g/mol. The lowest BCUT2D eigenvalue weighted by atomic mass is 10.2. The van der Waals surface area contributed by atoms with Crippen LogP contribution in [0.2, 0.25) is 0 Å². The zero-order chi connectivity index (χ0) is 14.5. The fourth-order valence-corrected chi connectivity index (χ4v) is 2.31. The second kappa shape index (κ2) is 6.41. The average molecular weight is 282 g/mol. The van der Waals surface area contributed by atoms with Gasteiger partial charge in [0.25, 0.3) is 0 Å². The van der Waals surface area contributed by atoms with Gasteiger partial charge in [0, 0.05) is 30.2 Å². The second-order valence-electron chi connectivity index (χ2n) is 4.84. The molecule has 0 fully saturated rings. The molecule has 0 unspecified atom stereocenters. The Hall–Kier alpha value is -2.33. The van der Waals surface area contributed by atoms with Gasteiger partial charge in [0.1, 0.15) is 5.76 Å². The van der Waals surface area contributed by atoms with Crippen LogP contribution in [0.1, 0.15) is 11.5 Å². The van der Waals surface area contributed by atoms with Crippen LogP contribution in [0, 0.1) is 0 Å². The minimum Gasteiger partial charge on any atom is -0.493 e. The molecule has 2 aromatic heterocycles. The molecular weight excluding hydrogens is 264 g/mol. The normalized spacial score (nSPS) is 10.9. The molecule has 3 aromatic rings. The molecule has 108 valence electrons. The maximum atomic E-state index is 5.84. The van der Waals surface area contributed by atoms with Crippen molar-refractivity contribution in [1.29, 1.82) is 0 Å². The average Bonchev–Trinajstić information content (AvgIpc) is 2.95. The fourth-order valence-electron chi connectivity index (χ4n) is 2.31. The van der Waals surface area contributed by atoms with Crippen LogP contribution < -0.4 is 10.1 Å². The Balaban J connectivity index is 1.58. The number of aromatic nitrogens is 1. The van der Waals surface area contributed by atoms with E-state index in [-0.39, 0.29) is 0 Å². The summed E-state index contributed by atoms with van der Waals surface area (Å²) in [5.74, 6) is 1.68. The third-order valence-corrected chi connectivity index (χ3v) is 3.36. The minimum atomic E-state index is 0.699. The van der Waals surface area contributed by atoms with Crippen molar-refractivity contribution in [2.24, 2.45) is 0 Å². The van der Waals surface area contributed by atoms with E-state index in [0.717, 1.165) is 41.1 Å². The predicted molar refractivity (Wildman–Crippen MR) is 82.4 cm³/mol. The van der Waals surface area contributed by atoms with Gasteiger partial charge in [-0.15, -0.1) is 0 Å². The van der Waals surface area contributed by atoms with Crippen molar-refractivity contribution in [2.75, 3.05) is 13.7 Å². The van der Waals surface area contributed by atoms with Crippen molar-refractivity contribution in [2.45, 2.75) is 13.0 Å². The summed E-state index contributed by atoms with van der Waals surface area (Å²) in [6, 6.07) is 13.9. The van der Waals surface area contributed by atoms with Crippen molar-refractivity contribution < 1.29 is 9.15 Å². The summed E-state index contributed by atoms with van der Waals surface area (Å²) in [4.78, 5) is 4.30. The quantitative estimate of drug-likeness (QED) is 0.705. The zero-order valence-electron chi connectivity index (χ0n) is 12.0. The number of nitrogens with zero attached hydrogens (tertiary/aromatic N) is 1. The molecule has 0 aliphatic heterocycles. The lowest BCUT2D eigenvalue weighted by Gasteiger charge is -2.02. The van der Waals surface area contributed by atoms with E-state index < -0.39 is 0 Å². The molecule has 21 heavy (non-hydrogen) atoms. The highest BCUT2D eigenvalue weighted by molar-refractivity contribution is 5.83. The molecule has 1 aromatic carbocycles. The number of ether oxygens (including phenoxy) is 1. The lowest BCUT2D eigenvalue weighted by Crippen LogP contribution is -2.16. The molecule has 0 spiro atoms. The van der Waals surface area contributed by atoms with Crippen LogP contribution in [0.25, 0.3) is 11.0 Å². The molecular formula is C17H18N2O2. The molecule has 2 heterocycles. The molecule has 0 aliphatic carbocycles. The van der Waals surface area contributed by atoms with Crippen molar-refractivity contribution in [1.82, 2.24) is 10.3 Å². The van der Waals surface area contributed by atoms with Crippen molar-refractivity contribution in [3.05, 3.63) is 60.1 Å². The number of methoxy groups -OCH3 is 1. The zero-order valence-corrected chi connectivity index (χ0v) is 12.0. The Morgan fingerprint density at radius 1 is 1.19 bits per heavy atom. The first-order valence-electron chi connectivity index (χ1n) is 7.03. The molecule has 1 N–H and O–H groups in total. The first-order chi connectivity index (χ1) is 10.4. The molecule has 0 atom stereocenters. The van der Waals surface area contributed by atoms with Gasteiger partial charge in [0.05, 0.1) is 13.7 Å². The summed E-state index contributed by atoms with van der Waals surface area (Å²) in [5.41, 5.74) is 1.90. The van der Waals surface area contributed by atoms with Crippen LogP contribution in [0.3, 0.4) is 0 Å². The van der Waals surface area contributed by atoms with E-state index in [2.05, 4.69) is 10.3 Å². The number of nitrogens with one attached hydrogen (secondary N) is 1. The molecule has 0 bridgehead atoms. The first-order valence-corrected chi connectivity index (χ1v) is 7.03. The third kappa shape index (κ3) is 3.23. The van der Waals surface area contributed by atoms with Gasteiger partial charge in [-0.3, -0.25) is 4.98 Å². The number of hydrogen-bond acceptors (Lipinski definition) is 4. The van der Waals surface area contributed by atoms with Gasteiger partial charge < -0.3 is 14.5 Å². The van der Waals surface area contributed by atoms with Crippen molar-refractivity contribution >= 4 is 11.0 Å². The molecule has 0 aliphatic rings. The fraction of sp³-hybridized carbons (Fsp3) is 0.235. The Morgan fingerprint density at radius 3 is 2.95 bits per heavy atom. The first kappa shape index (κ1) is 13.6. The Labute approximate surface area is 123 Å². The highest BCUT2D eigenvalue weighted by atomic mass is 16.5. The molecule has 4 nitrogen and oxygen atoms in total. The molecule has 0 saturated heterocycles. The predicted octanol–water partition coefficient (Wildman–Crippen LogP) is 3.17. The highest BCUT2D eigenvalue weighted by Crippen LogP contribution is 2.28. The van der Waals surface area contributed by atoms with Crippen molar-refractivity contribution in [3.8, 4) is 5.75 Å². The number of furan rings is 1. The molecule has 3 rings (SSSR count). The topological polar surface area (TPSA) is 47.3 Å². The maximum absolute atomic E-state index is 5.84. The van der Waals surface area contributed by atoms with Gasteiger partial charge in [-0.2, -0.15) is 0 Å². The standard InChI is InChI=1S/C17H18N2O2/c1-20-16-7-4-5-13-11-15(21-17(13)16)12-18-10-8-14-6-2-3-9-19-14/h2-7,9,11,18H,8,10,12H2,1H3. The van der Waals surface area contributed by atoms with E-state index in [1.54, 1.807) is 7.11 Å². The largest absolute Gasteiger partial charge is 0.493 e. The van der Waals surface area contributed by atoms with Crippen LogP contribution in [-0.2, 0) is 13.0 Å². The van der Waals surface area contributed by atoms with Crippen LogP contribution in [0.15, 0.2) is 53.1 Å². The van der Waals surface area contributed by atoms with E-state index in [4.69, 9.17) is 9.15 Å². The highest BCUT2D eigenvalue weighted by Gasteiger charge is 2.07. The molecule has 0 radical (unpaired) electrons. The number of hydrogen-bond donors (Lipinski definition) is 1. The van der Waals surface area contributed by atoms with E-state index >= 15 is 0 Å². The van der Waals surface area contributed by atoms with E-state index in [9.17, 15) is 0 Å². The number of rotatable bonds is 6. The van der Waals surface area contributed by atoms with Crippen LogP contribution in [0.4, 0.5) is 0 Å². The number of para-hydroxylation sites is 1. The van der Waals surface area contributed by atoms with E-state index in [1.807, 2.05) is 48.7 Å². The Bertz CT molecular complexity index is 707. The summed E-state index contributed by atoms with van der Waals surface area (Å²) in [5, 5.41) is 4.44. The summed E-state index contributed by atoms with van der Waals surface area (Å²) in [6.07, 6.45) is 2.73. The van der Waals surface area contributed by atoms with Crippen LogP contribution in [0.5, 0.6) is 5.75 Å².